The van der Waals surface area contributed by atoms with Gasteiger partial charge in [0.1, 0.15) is 5.60 Å². The molecule has 1 aliphatic heterocycles. The first kappa shape index (κ1) is 17.3. The summed E-state index contributed by atoms with van der Waals surface area (Å²) in [4.78, 5) is 24.5. The van der Waals surface area contributed by atoms with Crippen molar-refractivity contribution < 1.29 is 19.1 Å². The summed E-state index contributed by atoms with van der Waals surface area (Å²) >= 11 is 0. The van der Waals surface area contributed by atoms with Gasteiger partial charge in [0.2, 0.25) is 0 Å². The summed E-state index contributed by atoms with van der Waals surface area (Å²) in [7, 11) is 0. The predicted octanol–water partition coefficient (Wildman–Crippen LogP) is 3.72. The summed E-state index contributed by atoms with van der Waals surface area (Å²) < 4.78 is 11.1. The highest BCUT2D eigenvalue weighted by Crippen LogP contribution is 2.48. The lowest BCUT2D eigenvalue weighted by Gasteiger charge is -2.35. The molecular weight excluding hydrogens is 280 g/mol. The number of hydrogen-bond acceptors (Lipinski definition) is 4. The van der Waals surface area contributed by atoms with Crippen LogP contribution in [0.4, 0.5) is 0 Å². The lowest BCUT2D eigenvalue weighted by Crippen LogP contribution is -2.41. The molecule has 2 rings (SSSR count). The first-order valence-corrected chi connectivity index (χ1v) is 8.65. The van der Waals surface area contributed by atoms with Gasteiger partial charge in [-0.3, -0.25) is 9.59 Å². The van der Waals surface area contributed by atoms with Crippen molar-refractivity contribution in [3.8, 4) is 0 Å². The summed E-state index contributed by atoms with van der Waals surface area (Å²) in [6.45, 7) is 10.3. The van der Waals surface area contributed by atoms with Crippen LogP contribution in [-0.4, -0.2) is 23.6 Å². The molecule has 1 aliphatic carbocycles. The zero-order valence-corrected chi connectivity index (χ0v) is 14.6. The van der Waals surface area contributed by atoms with Crippen LogP contribution in [0, 0.1) is 23.7 Å². The molecule has 1 saturated carbocycles. The van der Waals surface area contributed by atoms with Gasteiger partial charge in [-0.05, 0) is 44.9 Å². The number of carbonyl (C=O) groups excluding carboxylic acids is 2. The van der Waals surface area contributed by atoms with Crippen molar-refractivity contribution in [2.75, 3.05) is 0 Å². The highest BCUT2D eigenvalue weighted by molar-refractivity contribution is 5.84. The second kappa shape index (κ2) is 6.59. The number of esters is 2. The molecule has 2 bridgehead atoms. The number of rotatable bonds is 6. The second-order valence-electron chi connectivity index (χ2n) is 7.96. The Hall–Kier alpha value is -1.06. The molecule has 0 N–H and O–H groups in total. The fourth-order valence-corrected chi connectivity index (χ4v) is 4.06. The van der Waals surface area contributed by atoms with Crippen molar-refractivity contribution in [3.05, 3.63) is 0 Å². The SMILES string of the molecule is CC(C)CCC[C@H](C)OC(=O)[C@@H]1[C@H](C)C[C@@]2(C)C[C@H]1C(=O)O2. The van der Waals surface area contributed by atoms with E-state index in [1.165, 1.54) is 0 Å². The van der Waals surface area contributed by atoms with E-state index in [-0.39, 0.29) is 41.4 Å². The fourth-order valence-electron chi connectivity index (χ4n) is 4.06. The van der Waals surface area contributed by atoms with E-state index in [0.29, 0.717) is 12.3 Å². The lowest BCUT2D eigenvalue weighted by molar-refractivity contribution is -0.161. The van der Waals surface area contributed by atoms with E-state index in [1.54, 1.807) is 0 Å². The van der Waals surface area contributed by atoms with Gasteiger partial charge in [-0.2, -0.15) is 0 Å². The Labute approximate surface area is 133 Å². The highest BCUT2D eigenvalue weighted by Gasteiger charge is 2.56. The second-order valence-corrected chi connectivity index (χ2v) is 7.96. The van der Waals surface area contributed by atoms with E-state index in [4.69, 9.17) is 9.47 Å². The Balaban J connectivity index is 1.90. The fraction of sp³-hybridized carbons (Fsp3) is 0.889. The largest absolute Gasteiger partial charge is 0.462 e. The van der Waals surface area contributed by atoms with E-state index in [0.717, 1.165) is 25.7 Å². The monoisotopic (exact) mass is 310 g/mol. The predicted molar refractivity (Wildman–Crippen MR) is 84.1 cm³/mol. The van der Waals surface area contributed by atoms with E-state index < -0.39 is 0 Å². The summed E-state index contributed by atoms with van der Waals surface area (Å²) in [6, 6.07) is 0. The van der Waals surface area contributed by atoms with Crippen LogP contribution in [0.3, 0.4) is 0 Å². The van der Waals surface area contributed by atoms with Gasteiger partial charge in [0, 0.05) is 6.42 Å². The van der Waals surface area contributed by atoms with Gasteiger partial charge in [-0.15, -0.1) is 0 Å². The molecule has 0 spiro atoms. The number of hydrogen-bond donors (Lipinski definition) is 0. The number of carbonyl (C=O) groups is 2. The van der Waals surface area contributed by atoms with Gasteiger partial charge in [-0.25, -0.2) is 0 Å². The van der Waals surface area contributed by atoms with Gasteiger partial charge in [0.25, 0.3) is 0 Å². The van der Waals surface area contributed by atoms with E-state index in [1.807, 2.05) is 20.8 Å². The zero-order valence-electron chi connectivity index (χ0n) is 14.6. The van der Waals surface area contributed by atoms with Crippen molar-refractivity contribution in [1.29, 1.82) is 0 Å². The molecule has 0 aromatic carbocycles. The maximum absolute atomic E-state index is 12.5. The molecule has 4 heteroatoms. The molecule has 1 heterocycles. The van der Waals surface area contributed by atoms with Crippen molar-refractivity contribution in [2.24, 2.45) is 23.7 Å². The quantitative estimate of drug-likeness (QED) is 0.702. The maximum atomic E-state index is 12.5. The lowest BCUT2D eigenvalue weighted by atomic mass is 9.69. The standard InChI is InChI=1S/C18H30O4/c1-11(2)7-6-8-13(4)21-17(20)15-12(3)9-18(5)10-14(15)16(19)22-18/h11-15H,6-10H2,1-5H3/t12-,13+,14-,15-,18+/m1/s1. The molecular formula is C18H30O4. The molecule has 2 fully saturated rings. The summed E-state index contributed by atoms with van der Waals surface area (Å²) in [6.07, 6.45) is 4.42. The third kappa shape index (κ3) is 3.82. The summed E-state index contributed by atoms with van der Waals surface area (Å²) in [5, 5.41) is 0. The summed E-state index contributed by atoms with van der Waals surface area (Å²) in [5.74, 6) is -0.283. The third-order valence-corrected chi connectivity index (χ3v) is 5.08. The molecule has 126 valence electrons. The Morgan fingerprint density at radius 2 is 2.00 bits per heavy atom. The molecule has 0 amide bonds. The average molecular weight is 310 g/mol. The number of ether oxygens (including phenoxy) is 2. The first-order valence-electron chi connectivity index (χ1n) is 8.65. The Morgan fingerprint density at radius 3 is 2.64 bits per heavy atom. The van der Waals surface area contributed by atoms with Crippen LogP contribution >= 0.6 is 0 Å². The minimum Gasteiger partial charge on any atom is -0.462 e. The van der Waals surface area contributed by atoms with Gasteiger partial charge in [-0.1, -0.05) is 27.2 Å². The van der Waals surface area contributed by atoms with Crippen LogP contribution in [0.5, 0.6) is 0 Å². The topological polar surface area (TPSA) is 52.6 Å². The van der Waals surface area contributed by atoms with Crippen LogP contribution in [0.1, 0.15) is 66.7 Å². The molecule has 0 aromatic heterocycles. The minimum atomic E-state index is -0.374. The normalized spacial score (nSPS) is 35.4. The summed E-state index contributed by atoms with van der Waals surface area (Å²) in [5.41, 5.74) is -0.374. The van der Waals surface area contributed by atoms with Crippen LogP contribution in [0.15, 0.2) is 0 Å². The van der Waals surface area contributed by atoms with E-state index in [9.17, 15) is 9.59 Å². The average Bonchev–Trinajstić information content (AvgIpc) is 2.58. The van der Waals surface area contributed by atoms with Crippen LogP contribution in [-0.2, 0) is 19.1 Å². The van der Waals surface area contributed by atoms with Gasteiger partial charge >= 0.3 is 11.9 Å². The van der Waals surface area contributed by atoms with Gasteiger partial charge in [0.05, 0.1) is 17.9 Å². The third-order valence-electron chi connectivity index (χ3n) is 5.08. The molecule has 0 radical (unpaired) electrons. The van der Waals surface area contributed by atoms with Crippen molar-refractivity contribution in [3.63, 3.8) is 0 Å². The molecule has 4 nitrogen and oxygen atoms in total. The van der Waals surface area contributed by atoms with Crippen LogP contribution < -0.4 is 0 Å². The van der Waals surface area contributed by atoms with E-state index >= 15 is 0 Å². The zero-order chi connectivity index (χ0) is 16.5. The van der Waals surface area contributed by atoms with Crippen LogP contribution in [0.2, 0.25) is 0 Å². The molecule has 2 aliphatic rings. The maximum Gasteiger partial charge on any atom is 0.310 e. The van der Waals surface area contributed by atoms with Crippen LogP contribution in [0.25, 0.3) is 0 Å². The minimum absolute atomic E-state index is 0.0795. The van der Waals surface area contributed by atoms with Crippen molar-refractivity contribution in [1.82, 2.24) is 0 Å². The molecule has 0 aromatic rings. The Bertz CT molecular complexity index is 431. The van der Waals surface area contributed by atoms with Gasteiger partial charge < -0.3 is 9.47 Å². The van der Waals surface area contributed by atoms with Crippen molar-refractivity contribution >= 4 is 11.9 Å². The van der Waals surface area contributed by atoms with Crippen molar-refractivity contribution in [2.45, 2.75) is 78.4 Å². The first-order chi connectivity index (χ1) is 10.2. The molecule has 5 atom stereocenters. The molecule has 0 unspecified atom stereocenters. The molecule has 1 saturated heterocycles. The number of fused-ring (bicyclic) bond motifs is 2. The smallest absolute Gasteiger partial charge is 0.310 e. The Kier molecular flexibility index (Phi) is 5.18. The molecule has 22 heavy (non-hydrogen) atoms. The van der Waals surface area contributed by atoms with Gasteiger partial charge in [0.15, 0.2) is 0 Å². The van der Waals surface area contributed by atoms with E-state index in [2.05, 4.69) is 13.8 Å². The Morgan fingerprint density at radius 1 is 1.32 bits per heavy atom. The highest BCUT2D eigenvalue weighted by atomic mass is 16.6.